The second-order valence-corrected chi connectivity index (χ2v) is 11.5. The molecule has 0 saturated heterocycles. The summed E-state index contributed by atoms with van der Waals surface area (Å²) >= 11 is 0. The monoisotopic (exact) mass is 657 g/mol. The van der Waals surface area contributed by atoms with Gasteiger partial charge in [0.2, 0.25) is 0 Å². The summed E-state index contributed by atoms with van der Waals surface area (Å²) in [6.45, 7) is 0. The fourth-order valence-corrected chi connectivity index (χ4v) is 6.33. The van der Waals surface area contributed by atoms with Crippen molar-refractivity contribution in [3.63, 3.8) is 0 Å². The number of benzene rings is 6. The molecule has 2 aromatic heterocycles. The Morgan fingerprint density at radius 1 is 0.460 bits per heavy atom. The van der Waals surface area contributed by atoms with Crippen LogP contribution in [0.3, 0.4) is 0 Å². The molecule has 236 valence electrons. The van der Waals surface area contributed by atoms with Gasteiger partial charge in [0.15, 0.2) is 23.3 Å². The third-order valence-electron chi connectivity index (χ3n) is 8.64. The van der Waals surface area contributed by atoms with Gasteiger partial charge in [-0.25, -0.2) is 32.5 Å². The highest BCUT2D eigenvalue weighted by Gasteiger charge is 2.27. The molecule has 5 nitrogen and oxygen atoms in total. The van der Waals surface area contributed by atoms with Crippen LogP contribution in [0.15, 0.2) is 115 Å². The summed E-state index contributed by atoms with van der Waals surface area (Å²) in [7, 11) is 0. The molecule has 0 aliphatic heterocycles. The molecular weight excluding hydrogens is 638 g/mol. The van der Waals surface area contributed by atoms with Crippen LogP contribution in [0.4, 0.5) is 17.6 Å². The molecule has 0 atom stereocenters. The summed E-state index contributed by atoms with van der Waals surface area (Å²) in [6, 6.07) is 37.5. The zero-order valence-electron chi connectivity index (χ0n) is 25.7. The van der Waals surface area contributed by atoms with E-state index in [4.69, 9.17) is 20.2 Å². The minimum absolute atomic E-state index is 0.158. The molecule has 0 amide bonds. The molecule has 0 saturated carbocycles. The number of rotatable bonds is 4. The first-order chi connectivity index (χ1) is 24.4. The van der Waals surface area contributed by atoms with Crippen LogP contribution < -0.4 is 0 Å². The highest BCUT2D eigenvalue weighted by molar-refractivity contribution is 6.22. The second-order valence-electron chi connectivity index (χ2n) is 11.5. The summed E-state index contributed by atoms with van der Waals surface area (Å²) < 4.78 is 58.8. The quantitative estimate of drug-likeness (QED) is 0.107. The predicted molar refractivity (Wildman–Crippen MR) is 183 cm³/mol. The van der Waals surface area contributed by atoms with Crippen LogP contribution in [0.1, 0.15) is 11.1 Å². The van der Waals surface area contributed by atoms with E-state index in [1.54, 1.807) is 6.07 Å². The second kappa shape index (κ2) is 11.9. The van der Waals surface area contributed by atoms with Crippen molar-refractivity contribution in [2.45, 2.75) is 0 Å². The molecule has 0 unspecified atom stereocenters. The lowest BCUT2D eigenvalue weighted by Gasteiger charge is -2.16. The Balaban J connectivity index is 1.42. The molecule has 0 spiro atoms. The Morgan fingerprint density at radius 2 is 0.980 bits per heavy atom. The Hall–Kier alpha value is -6.97. The molecule has 0 aliphatic carbocycles. The van der Waals surface area contributed by atoms with Crippen LogP contribution >= 0.6 is 0 Å². The third kappa shape index (κ3) is 4.72. The number of para-hydroxylation sites is 1. The van der Waals surface area contributed by atoms with E-state index in [1.807, 2.05) is 84.9 Å². The summed E-state index contributed by atoms with van der Waals surface area (Å²) in [5.74, 6) is -6.90. The van der Waals surface area contributed by atoms with Gasteiger partial charge in [-0.3, -0.25) is 0 Å². The van der Waals surface area contributed by atoms with E-state index >= 15 is 0 Å². The van der Waals surface area contributed by atoms with Crippen molar-refractivity contribution in [3.8, 4) is 57.0 Å². The van der Waals surface area contributed by atoms with E-state index in [-0.39, 0.29) is 11.1 Å². The minimum atomic E-state index is -1.77. The van der Waals surface area contributed by atoms with Crippen LogP contribution in [0.25, 0.3) is 77.6 Å². The number of pyridine rings is 1. The summed E-state index contributed by atoms with van der Waals surface area (Å²) in [6.07, 6.45) is 0. The van der Waals surface area contributed by atoms with Crippen molar-refractivity contribution in [2.75, 3.05) is 0 Å². The van der Waals surface area contributed by atoms with Crippen LogP contribution in [-0.2, 0) is 0 Å². The molecule has 8 rings (SSSR count). The fourth-order valence-electron chi connectivity index (χ4n) is 6.33. The van der Waals surface area contributed by atoms with Crippen molar-refractivity contribution in [1.82, 2.24) is 15.0 Å². The zero-order valence-corrected chi connectivity index (χ0v) is 25.7. The maximum absolute atomic E-state index is 14.9. The first-order valence-electron chi connectivity index (χ1n) is 15.3. The Morgan fingerprint density at radius 3 is 1.58 bits per heavy atom. The smallest absolute Gasteiger partial charge is 0.180 e. The van der Waals surface area contributed by atoms with Crippen molar-refractivity contribution >= 4 is 32.7 Å². The first kappa shape index (κ1) is 30.4. The van der Waals surface area contributed by atoms with Crippen LogP contribution in [0.2, 0.25) is 0 Å². The number of hydrogen-bond donors (Lipinski definition) is 0. The fraction of sp³-hybridized carbons (Fsp3) is 0. The summed E-state index contributed by atoms with van der Waals surface area (Å²) in [5.41, 5.74) is 3.34. The van der Waals surface area contributed by atoms with Gasteiger partial charge in [-0.1, -0.05) is 103 Å². The number of nitriles is 2. The lowest BCUT2D eigenvalue weighted by molar-refractivity contribution is 0.454. The Kier molecular flexibility index (Phi) is 7.24. The first-order valence-corrected chi connectivity index (χ1v) is 15.3. The SMILES string of the molecule is N#Cc1c(F)c(F)c(-c2ccc(-c3nc4ccccc4c4c3c(C#N)cc3nc(-c5ccccc5)c(-c5ccccc5)nc34)cc2)c(F)c1F. The average molecular weight is 658 g/mol. The molecule has 6 aromatic carbocycles. The maximum atomic E-state index is 14.9. The van der Waals surface area contributed by atoms with E-state index in [2.05, 4.69) is 6.07 Å². The number of hydrogen-bond acceptors (Lipinski definition) is 5. The van der Waals surface area contributed by atoms with Gasteiger partial charge in [-0.15, -0.1) is 0 Å². The minimum Gasteiger partial charge on any atom is -0.247 e. The van der Waals surface area contributed by atoms with Gasteiger partial charge in [0.1, 0.15) is 11.6 Å². The summed E-state index contributed by atoms with van der Waals surface area (Å²) in [4.78, 5) is 15.2. The number of aromatic nitrogens is 3. The molecule has 0 aliphatic rings. The van der Waals surface area contributed by atoms with E-state index < -0.39 is 34.4 Å². The van der Waals surface area contributed by atoms with Gasteiger partial charge in [0.05, 0.1) is 50.8 Å². The number of fused-ring (bicyclic) bond motifs is 5. The van der Waals surface area contributed by atoms with Gasteiger partial charge < -0.3 is 0 Å². The largest absolute Gasteiger partial charge is 0.247 e. The summed E-state index contributed by atoms with van der Waals surface area (Å²) in [5, 5.41) is 21.3. The van der Waals surface area contributed by atoms with Gasteiger partial charge >= 0.3 is 0 Å². The van der Waals surface area contributed by atoms with E-state index in [0.29, 0.717) is 50.0 Å². The van der Waals surface area contributed by atoms with Crippen molar-refractivity contribution < 1.29 is 17.6 Å². The molecule has 50 heavy (non-hydrogen) atoms. The normalized spacial score (nSPS) is 11.2. The van der Waals surface area contributed by atoms with Gasteiger partial charge in [-0.05, 0) is 17.7 Å². The lowest BCUT2D eigenvalue weighted by Crippen LogP contribution is -2.03. The van der Waals surface area contributed by atoms with E-state index in [0.717, 1.165) is 22.6 Å². The third-order valence-corrected chi connectivity index (χ3v) is 8.64. The molecule has 9 heteroatoms. The zero-order chi connectivity index (χ0) is 34.5. The van der Waals surface area contributed by atoms with Crippen LogP contribution in [0.5, 0.6) is 0 Å². The molecule has 0 radical (unpaired) electrons. The highest BCUT2D eigenvalue weighted by atomic mass is 19.2. The Bertz CT molecular complexity index is 2730. The average Bonchev–Trinajstić information content (AvgIpc) is 3.17. The molecule has 0 bridgehead atoms. The molecule has 0 fully saturated rings. The maximum Gasteiger partial charge on any atom is 0.180 e. The lowest BCUT2D eigenvalue weighted by atomic mass is 9.93. The molecule has 8 aromatic rings. The van der Waals surface area contributed by atoms with Gasteiger partial charge in [-0.2, -0.15) is 10.5 Å². The van der Waals surface area contributed by atoms with Crippen molar-refractivity contribution in [3.05, 3.63) is 150 Å². The molecule has 0 N–H and O–H groups in total. The molecule has 2 heterocycles. The number of halogens is 4. The van der Waals surface area contributed by atoms with Gasteiger partial charge in [0, 0.05) is 32.8 Å². The van der Waals surface area contributed by atoms with Crippen molar-refractivity contribution in [2.24, 2.45) is 0 Å². The number of nitrogens with zero attached hydrogens (tertiary/aromatic N) is 5. The van der Waals surface area contributed by atoms with E-state index in [1.165, 1.54) is 24.3 Å². The van der Waals surface area contributed by atoms with Crippen LogP contribution in [-0.4, -0.2) is 15.0 Å². The predicted octanol–water partition coefficient (Wildman–Crippen LogP) is 10.3. The van der Waals surface area contributed by atoms with Crippen molar-refractivity contribution in [1.29, 1.82) is 10.5 Å². The Labute approximate surface area is 282 Å². The van der Waals surface area contributed by atoms with Crippen LogP contribution in [0, 0.1) is 45.9 Å². The molecular formula is C41H19F4N5. The highest BCUT2D eigenvalue weighted by Crippen LogP contribution is 2.41. The standard InChI is InChI=1S/C41H19F4N5/c42-34-28(21-47)35(43)37(45)32(36(34)44)22-15-17-25(18-16-22)38-31-26(20-46)19-30-41(33(31)27-13-7-8-14-29(27)48-38)50-40(24-11-5-2-6-12-24)39(49-30)23-9-3-1-4-10-23/h1-19H. The van der Waals surface area contributed by atoms with Gasteiger partial charge in [0.25, 0.3) is 0 Å². The van der Waals surface area contributed by atoms with E-state index in [9.17, 15) is 22.8 Å². The topological polar surface area (TPSA) is 86.2 Å².